The van der Waals surface area contributed by atoms with E-state index < -0.39 is 17.7 Å². The number of aromatic nitrogens is 2. The predicted octanol–water partition coefficient (Wildman–Crippen LogP) is 6.61. The number of aromatic hydroxyl groups is 1. The summed E-state index contributed by atoms with van der Waals surface area (Å²) < 4.78 is 11.6. The molecule has 1 aliphatic rings. The van der Waals surface area contributed by atoms with E-state index in [-0.39, 0.29) is 34.6 Å². The normalized spacial score (nSPS) is 16.2. The molecule has 3 aromatic carbocycles. The van der Waals surface area contributed by atoms with Crippen LogP contribution in [0.4, 0.5) is 5.13 Å². The number of nitrogens with zero attached hydrogens (tertiary/aromatic N) is 3. The fourth-order valence-corrected chi connectivity index (χ4v) is 6.61. The second-order valence-electron chi connectivity index (χ2n) is 9.02. The number of hydrogen-bond donors (Lipinski definition) is 2. The van der Waals surface area contributed by atoms with Gasteiger partial charge in [-0.1, -0.05) is 59.0 Å². The Balaban J connectivity index is 1.57. The van der Waals surface area contributed by atoms with E-state index in [2.05, 4.69) is 10.2 Å². The number of amides is 1. The van der Waals surface area contributed by atoms with Crippen molar-refractivity contribution in [2.45, 2.75) is 30.0 Å². The van der Waals surface area contributed by atoms with Gasteiger partial charge in [0.25, 0.3) is 5.78 Å². The average molecular weight is 624 g/mol. The van der Waals surface area contributed by atoms with E-state index in [9.17, 15) is 19.8 Å². The number of ketones is 1. The smallest absolute Gasteiger partial charge is 0.301 e. The molecule has 216 valence electrons. The SMILES string of the molecule is CCOc1ccc(/C(O)=C2/C(=O)C(=O)N(c3nnc(SCc4ccccc4Cl)s3)C2c2ccc(O)c(OCC)c2)cc1. The number of halogens is 1. The zero-order chi connectivity index (χ0) is 29.8. The van der Waals surface area contributed by atoms with Gasteiger partial charge in [-0.3, -0.25) is 14.5 Å². The van der Waals surface area contributed by atoms with Crippen LogP contribution < -0.4 is 14.4 Å². The number of ether oxygens (including phenoxy) is 2. The summed E-state index contributed by atoms with van der Waals surface area (Å²) in [4.78, 5) is 28.3. The van der Waals surface area contributed by atoms with Crippen molar-refractivity contribution < 1.29 is 29.3 Å². The largest absolute Gasteiger partial charge is 0.507 e. The summed E-state index contributed by atoms with van der Waals surface area (Å²) in [6.45, 7) is 4.39. The molecule has 1 aromatic heterocycles. The lowest BCUT2D eigenvalue weighted by atomic mass is 9.95. The van der Waals surface area contributed by atoms with E-state index >= 15 is 0 Å². The minimum absolute atomic E-state index is 0.0989. The number of phenolic OH excluding ortho intramolecular Hbond substituents is 1. The predicted molar refractivity (Wildman–Crippen MR) is 163 cm³/mol. The highest BCUT2D eigenvalue weighted by Gasteiger charge is 2.48. The Morgan fingerprint density at radius 3 is 2.48 bits per heavy atom. The summed E-state index contributed by atoms with van der Waals surface area (Å²) in [6, 6.07) is 17.5. The fourth-order valence-electron chi connectivity index (χ4n) is 4.46. The molecule has 2 heterocycles. The van der Waals surface area contributed by atoms with E-state index in [1.54, 1.807) is 49.4 Å². The summed E-state index contributed by atoms with van der Waals surface area (Å²) in [5, 5.41) is 31.0. The molecule has 9 nitrogen and oxygen atoms in total. The molecule has 0 bridgehead atoms. The van der Waals surface area contributed by atoms with Crippen LogP contribution in [0, 0.1) is 0 Å². The van der Waals surface area contributed by atoms with Crippen LogP contribution in [-0.2, 0) is 15.3 Å². The minimum atomic E-state index is -1.06. The van der Waals surface area contributed by atoms with Gasteiger partial charge in [0.05, 0.1) is 24.8 Å². The van der Waals surface area contributed by atoms with Crippen molar-refractivity contribution in [3.05, 3.63) is 94.0 Å². The lowest BCUT2D eigenvalue weighted by Crippen LogP contribution is -2.29. The first kappa shape index (κ1) is 29.4. The second kappa shape index (κ2) is 12.8. The average Bonchev–Trinajstić information content (AvgIpc) is 3.56. The van der Waals surface area contributed by atoms with Gasteiger partial charge >= 0.3 is 5.91 Å². The molecule has 2 N–H and O–H groups in total. The van der Waals surface area contributed by atoms with Gasteiger partial charge in [0.15, 0.2) is 15.8 Å². The highest BCUT2D eigenvalue weighted by Crippen LogP contribution is 2.45. The van der Waals surface area contributed by atoms with Crippen molar-refractivity contribution in [3.63, 3.8) is 0 Å². The highest BCUT2D eigenvalue weighted by atomic mass is 35.5. The first-order valence-corrected chi connectivity index (χ1v) is 15.2. The summed E-state index contributed by atoms with van der Waals surface area (Å²) in [7, 11) is 0. The third kappa shape index (κ3) is 5.94. The Labute approximate surface area is 255 Å². The Bertz CT molecular complexity index is 1660. The van der Waals surface area contributed by atoms with Crippen LogP contribution in [0.2, 0.25) is 5.02 Å². The number of carbonyl (C=O) groups is 2. The van der Waals surface area contributed by atoms with Gasteiger partial charge in [0, 0.05) is 16.3 Å². The van der Waals surface area contributed by atoms with E-state index in [0.717, 1.165) is 16.9 Å². The molecule has 0 spiro atoms. The molecule has 0 saturated carbocycles. The molecule has 5 rings (SSSR count). The number of thioether (sulfide) groups is 1. The maximum atomic E-state index is 13.5. The van der Waals surface area contributed by atoms with Crippen LogP contribution in [0.1, 0.15) is 36.6 Å². The zero-order valence-electron chi connectivity index (χ0n) is 22.6. The molecular weight excluding hydrogens is 598 g/mol. The topological polar surface area (TPSA) is 122 Å². The molecule has 0 aliphatic carbocycles. The van der Waals surface area contributed by atoms with Crippen LogP contribution in [0.25, 0.3) is 5.76 Å². The van der Waals surface area contributed by atoms with Crippen molar-refractivity contribution in [2.24, 2.45) is 0 Å². The number of aliphatic hydroxyl groups is 1. The van der Waals surface area contributed by atoms with Gasteiger partial charge in [-0.15, -0.1) is 10.2 Å². The zero-order valence-corrected chi connectivity index (χ0v) is 25.0. The van der Waals surface area contributed by atoms with Gasteiger partial charge in [0.1, 0.15) is 11.5 Å². The van der Waals surface area contributed by atoms with Crippen molar-refractivity contribution in [1.29, 1.82) is 0 Å². The minimum Gasteiger partial charge on any atom is -0.507 e. The number of rotatable bonds is 10. The molecule has 1 saturated heterocycles. The fraction of sp³-hybridized carbons (Fsp3) is 0.200. The quantitative estimate of drug-likeness (QED) is 0.0660. The molecule has 42 heavy (non-hydrogen) atoms. The second-order valence-corrected chi connectivity index (χ2v) is 11.6. The van der Waals surface area contributed by atoms with Crippen LogP contribution in [0.5, 0.6) is 17.2 Å². The van der Waals surface area contributed by atoms with Crippen LogP contribution >= 0.6 is 34.7 Å². The third-order valence-electron chi connectivity index (χ3n) is 6.39. The summed E-state index contributed by atoms with van der Waals surface area (Å²) in [6.07, 6.45) is 0. The van der Waals surface area contributed by atoms with Crippen molar-refractivity contribution >= 4 is 57.3 Å². The van der Waals surface area contributed by atoms with Gasteiger partial charge in [-0.2, -0.15) is 0 Å². The van der Waals surface area contributed by atoms with E-state index in [0.29, 0.717) is 38.6 Å². The maximum Gasteiger partial charge on any atom is 0.301 e. The molecule has 1 aliphatic heterocycles. The van der Waals surface area contributed by atoms with Crippen molar-refractivity contribution in [1.82, 2.24) is 10.2 Å². The Hall–Kier alpha value is -4.06. The Kier molecular flexibility index (Phi) is 9.00. The van der Waals surface area contributed by atoms with Crippen molar-refractivity contribution in [2.75, 3.05) is 18.1 Å². The van der Waals surface area contributed by atoms with E-state index in [1.165, 1.54) is 22.7 Å². The molecule has 4 aromatic rings. The summed E-state index contributed by atoms with van der Waals surface area (Å²) >= 11 is 8.83. The van der Waals surface area contributed by atoms with Crippen LogP contribution in [0.15, 0.2) is 76.6 Å². The van der Waals surface area contributed by atoms with Gasteiger partial charge < -0.3 is 19.7 Å². The molecule has 1 atom stereocenters. The summed E-state index contributed by atoms with van der Waals surface area (Å²) in [5.41, 5.74) is 1.56. The number of anilines is 1. The summed E-state index contributed by atoms with van der Waals surface area (Å²) in [5.74, 6) is -0.887. The number of hydrogen-bond acceptors (Lipinski definition) is 10. The lowest BCUT2D eigenvalue weighted by molar-refractivity contribution is -0.132. The van der Waals surface area contributed by atoms with Crippen molar-refractivity contribution in [3.8, 4) is 17.2 Å². The third-order valence-corrected chi connectivity index (χ3v) is 8.87. The molecule has 1 fully saturated rings. The molecule has 1 unspecified atom stereocenters. The monoisotopic (exact) mass is 623 g/mol. The van der Waals surface area contributed by atoms with Gasteiger partial charge in [-0.25, -0.2) is 0 Å². The molecular formula is C30H26ClN3O6S2. The van der Waals surface area contributed by atoms with E-state index in [1.807, 2.05) is 25.1 Å². The van der Waals surface area contributed by atoms with Crippen LogP contribution in [0.3, 0.4) is 0 Å². The Morgan fingerprint density at radius 2 is 1.76 bits per heavy atom. The maximum absolute atomic E-state index is 13.5. The van der Waals surface area contributed by atoms with Gasteiger partial charge in [0.2, 0.25) is 5.13 Å². The Morgan fingerprint density at radius 1 is 1.02 bits per heavy atom. The molecule has 12 heteroatoms. The van der Waals surface area contributed by atoms with E-state index in [4.69, 9.17) is 21.1 Å². The first-order chi connectivity index (χ1) is 20.3. The number of aliphatic hydroxyl groups excluding tert-OH is 1. The highest BCUT2D eigenvalue weighted by molar-refractivity contribution is 8.00. The van der Waals surface area contributed by atoms with Crippen LogP contribution in [-0.4, -0.2) is 45.3 Å². The molecule has 0 radical (unpaired) electrons. The lowest BCUT2D eigenvalue weighted by Gasteiger charge is -2.23. The first-order valence-electron chi connectivity index (χ1n) is 13.0. The number of phenols is 1. The van der Waals surface area contributed by atoms with Gasteiger partial charge in [-0.05, 0) is 67.4 Å². The number of carbonyl (C=O) groups excluding carboxylic acids is 2. The molecule has 1 amide bonds. The standard InChI is InChI=1S/C30H26ClN3O6S2/c1-3-39-20-12-9-17(10-13-20)26(36)24-25(18-11-14-22(35)23(15-18)40-4-2)34(28(38)27(24)37)29-32-33-30(42-29)41-16-19-7-5-6-8-21(19)31/h5-15,25,35-36H,3-4,16H2,1-2H3/b26-24-. The number of benzene rings is 3. The number of Topliss-reactive ketones (excluding diaryl/α,β-unsaturated/α-hetero) is 1.